The first-order chi connectivity index (χ1) is 9.86. The first-order valence-electron chi connectivity index (χ1n) is 6.54. The molecule has 21 heavy (non-hydrogen) atoms. The summed E-state index contributed by atoms with van der Waals surface area (Å²) in [6.45, 7) is 3.44. The van der Waals surface area contributed by atoms with E-state index in [1.807, 2.05) is 0 Å². The van der Waals surface area contributed by atoms with Crippen LogP contribution in [-0.2, 0) is 4.79 Å². The number of urea groups is 1. The van der Waals surface area contributed by atoms with E-state index in [0.29, 0.717) is 24.3 Å². The zero-order valence-corrected chi connectivity index (χ0v) is 13.8. The molecular weight excluding hydrogens is 340 g/mol. The fraction of sp³-hybridized carbons (Fsp3) is 0.429. The van der Waals surface area contributed by atoms with Crippen LogP contribution >= 0.6 is 15.9 Å². The molecule has 6 nitrogen and oxygen atoms in total. The van der Waals surface area contributed by atoms with E-state index in [2.05, 4.69) is 26.6 Å². The molecule has 0 aliphatic carbocycles. The topological polar surface area (TPSA) is 87.7 Å². The summed E-state index contributed by atoms with van der Waals surface area (Å²) in [5.41, 5.74) is -0.759. The van der Waals surface area contributed by atoms with Crippen molar-refractivity contribution >= 4 is 33.6 Å². The second-order valence-electron chi connectivity index (χ2n) is 4.55. The van der Waals surface area contributed by atoms with Crippen molar-refractivity contribution in [2.75, 3.05) is 12.4 Å². The molecule has 0 spiro atoms. The van der Waals surface area contributed by atoms with Gasteiger partial charge in [0.1, 0.15) is 11.3 Å². The van der Waals surface area contributed by atoms with Gasteiger partial charge in [-0.2, -0.15) is 0 Å². The van der Waals surface area contributed by atoms with Gasteiger partial charge < -0.3 is 20.5 Å². The van der Waals surface area contributed by atoms with Crippen molar-refractivity contribution in [2.24, 2.45) is 0 Å². The Kier molecular flexibility index (Phi) is 6.02. The third kappa shape index (κ3) is 4.35. The molecule has 0 aliphatic heterocycles. The van der Waals surface area contributed by atoms with Crippen LogP contribution in [0.15, 0.2) is 22.7 Å². The van der Waals surface area contributed by atoms with Crippen LogP contribution in [-0.4, -0.2) is 29.8 Å². The van der Waals surface area contributed by atoms with Crippen molar-refractivity contribution in [3.05, 3.63) is 22.7 Å². The van der Waals surface area contributed by atoms with E-state index in [0.717, 1.165) is 4.47 Å². The van der Waals surface area contributed by atoms with Crippen molar-refractivity contribution in [2.45, 2.75) is 32.2 Å². The number of ether oxygens (including phenoxy) is 1. The monoisotopic (exact) mass is 358 g/mol. The fourth-order valence-corrected chi connectivity index (χ4v) is 2.39. The summed E-state index contributed by atoms with van der Waals surface area (Å²) in [6, 6.07) is 4.52. The van der Waals surface area contributed by atoms with Gasteiger partial charge in [-0.15, -0.1) is 0 Å². The van der Waals surface area contributed by atoms with Crippen LogP contribution in [0.3, 0.4) is 0 Å². The number of nitrogens with one attached hydrogen (secondary N) is 2. The first-order valence-corrected chi connectivity index (χ1v) is 7.33. The van der Waals surface area contributed by atoms with Gasteiger partial charge in [-0.3, -0.25) is 0 Å². The van der Waals surface area contributed by atoms with Crippen molar-refractivity contribution in [3.8, 4) is 5.75 Å². The van der Waals surface area contributed by atoms with Crippen LogP contribution in [0, 0.1) is 0 Å². The number of hydrogen-bond acceptors (Lipinski definition) is 3. The Balaban J connectivity index is 2.86. The number of carbonyl (C=O) groups excluding carboxylic acids is 1. The Morgan fingerprint density at radius 1 is 1.29 bits per heavy atom. The summed E-state index contributed by atoms with van der Waals surface area (Å²) in [6.07, 6.45) is 0.599. The second-order valence-corrected chi connectivity index (χ2v) is 5.47. The van der Waals surface area contributed by atoms with E-state index in [1.54, 1.807) is 32.0 Å². The molecule has 116 valence electrons. The highest BCUT2D eigenvalue weighted by atomic mass is 79.9. The van der Waals surface area contributed by atoms with Gasteiger partial charge in [0, 0.05) is 16.2 Å². The lowest BCUT2D eigenvalue weighted by Crippen LogP contribution is -2.54. The quantitative estimate of drug-likeness (QED) is 0.728. The number of carboxylic acids is 1. The maximum Gasteiger partial charge on any atom is 0.329 e. The lowest BCUT2D eigenvalue weighted by Gasteiger charge is -2.28. The number of methoxy groups -OCH3 is 1. The zero-order chi connectivity index (χ0) is 16.0. The number of carboxylic acid groups (broad SMARTS) is 1. The molecule has 1 aromatic rings. The standard InChI is InChI=1S/C14H19BrN2O4/c1-4-14(5-2,12(18)19)17-13(20)16-10-6-9(15)7-11(8-10)21-3/h6-8H,4-5H2,1-3H3,(H,18,19)(H2,16,17,20). The molecule has 0 fully saturated rings. The van der Waals surface area contributed by atoms with Gasteiger partial charge in [0.05, 0.1) is 7.11 Å². The summed E-state index contributed by atoms with van der Waals surface area (Å²) in [4.78, 5) is 23.4. The molecule has 0 unspecified atom stereocenters. The average molecular weight is 359 g/mol. The van der Waals surface area contributed by atoms with Gasteiger partial charge in [0.2, 0.25) is 0 Å². The molecule has 7 heteroatoms. The minimum absolute atomic E-state index is 0.300. The Labute approximate surface area is 132 Å². The Bertz CT molecular complexity index is 530. The van der Waals surface area contributed by atoms with E-state index in [-0.39, 0.29) is 0 Å². The Morgan fingerprint density at radius 3 is 2.38 bits per heavy atom. The van der Waals surface area contributed by atoms with E-state index >= 15 is 0 Å². The van der Waals surface area contributed by atoms with Gasteiger partial charge >= 0.3 is 12.0 Å². The van der Waals surface area contributed by atoms with Crippen LogP contribution in [0.1, 0.15) is 26.7 Å². The number of carbonyl (C=O) groups is 2. The summed E-state index contributed by atoms with van der Waals surface area (Å²) < 4.78 is 5.85. The minimum atomic E-state index is -1.26. The fourth-order valence-electron chi connectivity index (χ4n) is 1.92. The third-order valence-corrected chi connectivity index (χ3v) is 3.79. The number of hydrogen-bond donors (Lipinski definition) is 3. The lowest BCUT2D eigenvalue weighted by atomic mass is 9.93. The molecule has 0 bridgehead atoms. The number of aliphatic carboxylic acids is 1. The number of benzene rings is 1. The summed E-state index contributed by atoms with van der Waals surface area (Å²) >= 11 is 3.31. The summed E-state index contributed by atoms with van der Waals surface area (Å²) in [5.74, 6) is -0.468. The molecule has 0 atom stereocenters. The first kappa shape index (κ1) is 17.3. The van der Waals surface area contributed by atoms with Crippen LogP contribution in [0.25, 0.3) is 0 Å². The van der Waals surface area contributed by atoms with Crippen LogP contribution in [0.2, 0.25) is 0 Å². The number of rotatable bonds is 6. The third-order valence-electron chi connectivity index (χ3n) is 3.33. The molecular formula is C14H19BrN2O4. The Hall–Kier alpha value is -1.76. The maximum atomic E-state index is 12.0. The van der Waals surface area contributed by atoms with Gasteiger partial charge in [-0.05, 0) is 25.0 Å². The lowest BCUT2D eigenvalue weighted by molar-refractivity contribution is -0.144. The van der Waals surface area contributed by atoms with Gasteiger partial charge in [-0.1, -0.05) is 29.8 Å². The summed E-state index contributed by atoms with van der Waals surface area (Å²) in [7, 11) is 1.52. The van der Waals surface area contributed by atoms with Crippen LogP contribution in [0.5, 0.6) is 5.75 Å². The van der Waals surface area contributed by atoms with E-state index in [1.165, 1.54) is 7.11 Å². The molecule has 0 heterocycles. The number of anilines is 1. The zero-order valence-electron chi connectivity index (χ0n) is 12.2. The molecule has 0 aliphatic rings. The smallest absolute Gasteiger partial charge is 0.329 e. The van der Waals surface area contributed by atoms with E-state index in [9.17, 15) is 14.7 Å². The van der Waals surface area contributed by atoms with Gasteiger partial charge in [0.25, 0.3) is 0 Å². The highest BCUT2D eigenvalue weighted by Crippen LogP contribution is 2.24. The Morgan fingerprint density at radius 2 is 1.90 bits per heavy atom. The van der Waals surface area contributed by atoms with Crippen molar-refractivity contribution < 1.29 is 19.4 Å². The second kappa shape index (κ2) is 7.31. The highest BCUT2D eigenvalue weighted by Gasteiger charge is 2.36. The van der Waals surface area contributed by atoms with Gasteiger partial charge in [-0.25, -0.2) is 9.59 Å². The molecule has 2 amide bonds. The SMILES string of the molecule is CCC(CC)(NC(=O)Nc1cc(Br)cc(OC)c1)C(=O)O. The highest BCUT2D eigenvalue weighted by molar-refractivity contribution is 9.10. The summed E-state index contributed by atoms with van der Waals surface area (Å²) in [5, 5.41) is 14.4. The number of amides is 2. The van der Waals surface area contributed by atoms with E-state index < -0.39 is 17.5 Å². The largest absolute Gasteiger partial charge is 0.497 e. The molecule has 0 saturated carbocycles. The molecule has 0 aromatic heterocycles. The predicted molar refractivity (Wildman–Crippen MR) is 83.8 cm³/mol. The normalized spacial score (nSPS) is 10.9. The average Bonchev–Trinajstić information content (AvgIpc) is 2.43. The van der Waals surface area contributed by atoms with Crippen molar-refractivity contribution in [3.63, 3.8) is 0 Å². The predicted octanol–water partition coefficient (Wildman–Crippen LogP) is 3.22. The van der Waals surface area contributed by atoms with Gasteiger partial charge in [0.15, 0.2) is 0 Å². The van der Waals surface area contributed by atoms with Crippen molar-refractivity contribution in [1.82, 2.24) is 5.32 Å². The molecule has 0 saturated heterocycles. The number of halogens is 1. The van der Waals surface area contributed by atoms with Crippen LogP contribution in [0.4, 0.5) is 10.5 Å². The molecule has 0 radical (unpaired) electrons. The molecule has 1 aromatic carbocycles. The van der Waals surface area contributed by atoms with Crippen molar-refractivity contribution in [1.29, 1.82) is 0 Å². The molecule has 3 N–H and O–H groups in total. The van der Waals surface area contributed by atoms with E-state index in [4.69, 9.17) is 4.74 Å². The molecule has 1 rings (SSSR count). The minimum Gasteiger partial charge on any atom is -0.497 e. The van der Waals surface area contributed by atoms with Crippen LogP contribution < -0.4 is 15.4 Å². The maximum absolute atomic E-state index is 12.0.